The summed E-state index contributed by atoms with van der Waals surface area (Å²) in [5.74, 6) is -0.977. The second kappa shape index (κ2) is 5.96. The quantitative estimate of drug-likeness (QED) is 0.624. The van der Waals surface area contributed by atoms with Crippen molar-refractivity contribution in [2.24, 2.45) is 0 Å². The number of carboxylic acid groups (broad SMARTS) is 1. The van der Waals surface area contributed by atoms with Gasteiger partial charge in [0.15, 0.2) is 5.58 Å². The number of rotatable bonds is 5. The molecule has 0 bridgehead atoms. The third-order valence-electron chi connectivity index (χ3n) is 3.64. The maximum atomic E-state index is 11.8. The normalized spacial score (nSPS) is 13.7. The maximum Gasteiger partial charge on any atom is 0.329 e. The molecule has 3 rings (SSSR count). The van der Waals surface area contributed by atoms with Gasteiger partial charge in [-0.15, -0.1) is 12.6 Å². The number of nitrogens with zero attached hydrogens (tertiary/aromatic N) is 1. The third-order valence-corrected chi connectivity index (χ3v) is 3.94. The Hall–Kier alpha value is -2.47. The Bertz CT molecular complexity index is 811. The molecule has 118 valence electrons. The zero-order valence-corrected chi connectivity index (χ0v) is 13.4. The minimum atomic E-state index is -1.24. The molecule has 0 aliphatic carbocycles. The molecule has 0 radical (unpaired) electrons. The molecular weight excluding hydrogens is 312 g/mol. The highest BCUT2D eigenvalue weighted by Crippen LogP contribution is 2.24. The molecule has 0 spiro atoms. The van der Waals surface area contributed by atoms with Crippen molar-refractivity contribution in [1.29, 1.82) is 0 Å². The first-order chi connectivity index (χ1) is 11.0. The summed E-state index contributed by atoms with van der Waals surface area (Å²) in [4.78, 5) is 16.9. The van der Waals surface area contributed by atoms with Crippen molar-refractivity contribution >= 4 is 35.7 Å². The molecule has 2 N–H and O–H groups in total. The molecule has 5 nitrogen and oxygen atoms in total. The lowest BCUT2D eigenvalue weighted by Gasteiger charge is -2.25. The Morgan fingerprint density at radius 1 is 1.26 bits per heavy atom. The number of hydrogen-bond donors (Lipinski definition) is 3. The van der Waals surface area contributed by atoms with Gasteiger partial charge in [-0.05, 0) is 36.8 Å². The zero-order valence-electron chi connectivity index (χ0n) is 12.5. The number of aromatic nitrogens is 1. The van der Waals surface area contributed by atoms with Crippen LogP contribution in [0.1, 0.15) is 12.5 Å². The molecule has 0 saturated heterocycles. The van der Waals surface area contributed by atoms with Crippen LogP contribution in [0.3, 0.4) is 0 Å². The van der Waals surface area contributed by atoms with Crippen LogP contribution in [0.4, 0.5) is 6.01 Å². The fraction of sp³-hybridized carbons (Fsp3) is 0.176. The predicted molar refractivity (Wildman–Crippen MR) is 91.1 cm³/mol. The Labute approximate surface area is 138 Å². The van der Waals surface area contributed by atoms with Crippen LogP contribution in [-0.2, 0) is 11.2 Å². The van der Waals surface area contributed by atoms with Gasteiger partial charge < -0.3 is 14.8 Å². The topological polar surface area (TPSA) is 75.4 Å². The lowest BCUT2D eigenvalue weighted by molar-refractivity contribution is -0.141. The Morgan fingerprint density at radius 3 is 2.61 bits per heavy atom. The summed E-state index contributed by atoms with van der Waals surface area (Å²) in [7, 11) is 0. The maximum absolute atomic E-state index is 11.8. The summed E-state index contributed by atoms with van der Waals surface area (Å²) in [6.45, 7) is 1.61. The van der Waals surface area contributed by atoms with E-state index in [9.17, 15) is 9.90 Å². The fourth-order valence-corrected chi connectivity index (χ4v) is 2.51. The van der Waals surface area contributed by atoms with E-state index in [4.69, 9.17) is 4.42 Å². The van der Waals surface area contributed by atoms with Gasteiger partial charge in [-0.1, -0.05) is 24.3 Å². The number of carbonyl (C=O) groups is 1. The van der Waals surface area contributed by atoms with Gasteiger partial charge in [0, 0.05) is 11.3 Å². The molecular formula is C17H16N2O3S. The van der Waals surface area contributed by atoms with E-state index >= 15 is 0 Å². The summed E-state index contributed by atoms with van der Waals surface area (Å²) < 4.78 is 5.57. The van der Waals surface area contributed by atoms with Crippen LogP contribution in [0.25, 0.3) is 11.1 Å². The molecule has 0 unspecified atom stereocenters. The van der Waals surface area contributed by atoms with E-state index in [1.807, 2.05) is 42.5 Å². The van der Waals surface area contributed by atoms with Crippen molar-refractivity contribution in [2.75, 3.05) is 5.32 Å². The van der Waals surface area contributed by atoms with Crippen molar-refractivity contribution in [1.82, 2.24) is 4.98 Å². The summed E-state index contributed by atoms with van der Waals surface area (Å²) in [6, 6.07) is 14.9. The molecule has 6 heteroatoms. The summed E-state index contributed by atoms with van der Waals surface area (Å²) in [5, 5.41) is 12.5. The first kappa shape index (κ1) is 15.4. The van der Waals surface area contributed by atoms with Gasteiger partial charge in [0.25, 0.3) is 6.01 Å². The number of nitrogens with one attached hydrogen (secondary N) is 1. The molecule has 23 heavy (non-hydrogen) atoms. The molecule has 0 aliphatic rings. The molecule has 2 aromatic carbocycles. The Balaban J connectivity index is 1.87. The van der Waals surface area contributed by atoms with E-state index in [1.54, 1.807) is 13.0 Å². The number of anilines is 1. The van der Waals surface area contributed by atoms with Crippen molar-refractivity contribution in [3.05, 3.63) is 54.1 Å². The minimum absolute atomic E-state index is 0.196. The van der Waals surface area contributed by atoms with Crippen LogP contribution < -0.4 is 5.32 Å². The van der Waals surface area contributed by atoms with E-state index in [0.717, 1.165) is 10.5 Å². The second-order valence-corrected chi connectivity index (χ2v) is 6.11. The number of benzene rings is 2. The van der Waals surface area contributed by atoms with E-state index in [1.165, 1.54) is 0 Å². The van der Waals surface area contributed by atoms with Crippen LogP contribution in [0.15, 0.2) is 57.8 Å². The largest absolute Gasteiger partial charge is 0.480 e. The molecule has 1 aromatic heterocycles. The van der Waals surface area contributed by atoms with Crippen LogP contribution >= 0.6 is 12.6 Å². The average Bonchev–Trinajstić information content (AvgIpc) is 2.91. The summed E-state index contributed by atoms with van der Waals surface area (Å²) in [6.07, 6.45) is 0.287. The fourth-order valence-electron chi connectivity index (χ4n) is 2.36. The molecule has 1 atom stereocenters. The van der Waals surface area contributed by atoms with Crippen LogP contribution in [0.5, 0.6) is 0 Å². The summed E-state index contributed by atoms with van der Waals surface area (Å²) >= 11 is 4.24. The average molecular weight is 328 g/mol. The SMILES string of the molecule is C[C@@](Cc1ccc(S)cc1)(Nc1nc2ccccc2o1)C(=O)O. The lowest BCUT2D eigenvalue weighted by atomic mass is 9.93. The number of carboxylic acids is 1. The minimum Gasteiger partial charge on any atom is -0.480 e. The third kappa shape index (κ3) is 3.32. The number of oxazole rings is 1. The van der Waals surface area contributed by atoms with Crippen molar-refractivity contribution in [2.45, 2.75) is 23.8 Å². The van der Waals surface area contributed by atoms with Crippen molar-refractivity contribution in [3.63, 3.8) is 0 Å². The first-order valence-electron chi connectivity index (χ1n) is 7.11. The lowest BCUT2D eigenvalue weighted by Crippen LogP contribution is -2.45. The highest BCUT2D eigenvalue weighted by atomic mass is 32.1. The highest BCUT2D eigenvalue weighted by molar-refractivity contribution is 7.80. The predicted octanol–water partition coefficient (Wildman–Crippen LogP) is 3.61. The molecule has 1 heterocycles. The molecule has 0 fully saturated rings. The van der Waals surface area contributed by atoms with Gasteiger partial charge in [-0.3, -0.25) is 0 Å². The zero-order chi connectivity index (χ0) is 16.4. The van der Waals surface area contributed by atoms with Gasteiger partial charge >= 0.3 is 5.97 Å². The second-order valence-electron chi connectivity index (χ2n) is 5.59. The van der Waals surface area contributed by atoms with E-state index in [2.05, 4.69) is 22.9 Å². The smallest absolute Gasteiger partial charge is 0.329 e. The monoisotopic (exact) mass is 328 g/mol. The number of hydrogen-bond acceptors (Lipinski definition) is 5. The number of para-hydroxylation sites is 2. The van der Waals surface area contributed by atoms with Crippen LogP contribution in [-0.4, -0.2) is 21.6 Å². The molecule has 0 amide bonds. The summed E-state index contributed by atoms with van der Waals surface area (Å²) in [5.41, 5.74) is 0.944. The van der Waals surface area contributed by atoms with Gasteiger partial charge in [-0.25, -0.2) is 4.79 Å². The van der Waals surface area contributed by atoms with Crippen molar-refractivity contribution in [3.8, 4) is 0 Å². The Morgan fingerprint density at radius 2 is 1.96 bits per heavy atom. The van der Waals surface area contributed by atoms with Gasteiger partial charge in [0.05, 0.1) is 0 Å². The standard InChI is InChI=1S/C17H16N2O3S/c1-17(15(20)21,10-11-6-8-12(23)9-7-11)19-16-18-13-4-2-3-5-14(13)22-16/h2-9,23H,10H2,1H3,(H,18,19)(H,20,21)/t17-/m0/s1. The molecule has 0 saturated carbocycles. The van der Waals surface area contributed by atoms with Crippen molar-refractivity contribution < 1.29 is 14.3 Å². The van der Waals surface area contributed by atoms with E-state index < -0.39 is 11.5 Å². The number of thiol groups is 1. The van der Waals surface area contributed by atoms with E-state index in [0.29, 0.717) is 11.1 Å². The molecule has 0 aliphatic heterocycles. The molecule has 3 aromatic rings. The van der Waals surface area contributed by atoms with Crippen LogP contribution in [0.2, 0.25) is 0 Å². The Kier molecular flexibility index (Phi) is 4.00. The number of aliphatic carboxylic acids is 1. The van der Waals surface area contributed by atoms with Gasteiger partial charge in [0.2, 0.25) is 0 Å². The van der Waals surface area contributed by atoms with Gasteiger partial charge in [-0.2, -0.15) is 4.98 Å². The first-order valence-corrected chi connectivity index (χ1v) is 7.56. The highest BCUT2D eigenvalue weighted by Gasteiger charge is 2.35. The number of fused-ring (bicyclic) bond motifs is 1. The van der Waals surface area contributed by atoms with E-state index in [-0.39, 0.29) is 12.4 Å². The van der Waals surface area contributed by atoms with Crippen LogP contribution in [0, 0.1) is 0 Å². The van der Waals surface area contributed by atoms with Gasteiger partial charge in [0.1, 0.15) is 11.1 Å².